The summed E-state index contributed by atoms with van der Waals surface area (Å²) in [6, 6.07) is 8.09. The number of halogens is 2. The highest BCUT2D eigenvalue weighted by Gasteiger charge is 2.21. The van der Waals surface area contributed by atoms with Crippen LogP contribution in [-0.4, -0.2) is 39.7 Å². The number of benzene rings is 1. The average molecular weight is 383 g/mol. The summed E-state index contributed by atoms with van der Waals surface area (Å²) < 4.78 is 49.3. The number of nitrogens with zero attached hydrogens (tertiary/aromatic N) is 3. The number of rotatable bonds is 7. The second kappa shape index (κ2) is 7.65. The first kappa shape index (κ1) is 18.1. The van der Waals surface area contributed by atoms with Crippen molar-refractivity contribution in [1.82, 2.24) is 14.7 Å². The number of aromatic nitrogens is 3. The first-order valence-corrected chi connectivity index (χ1v) is 8.73. The fourth-order valence-electron chi connectivity index (χ4n) is 2.36. The minimum atomic E-state index is -3.08. The Balaban J connectivity index is 1.95. The maximum Gasteiger partial charge on any atom is 0.405 e. The van der Waals surface area contributed by atoms with Crippen LogP contribution in [0.4, 0.5) is 8.78 Å². The minimum Gasteiger partial charge on any atom is -0.493 e. The molecule has 138 valence electrons. The predicted octanol–water partition coefficient (Wildman–Crippen LogP) is 2.41. The third-order valence-electron chi connectivity index (χ3n) is 3.49. The van der Waals surface area contributed by atoms with Crippen molar-refractivity contribution >= 4 is 21.8 Å². The quantitative estimate of drug-likeness (QED) is 0.624. The van der Waals surface area contributed by atoms with Crippen molar-refractivity contribution in [3.8, 4) is 11.5 Å². The van der Waals surface area contributed by atoms with Crippen molar-refractivity contribution < 1.29 is 27.3 Å². The molecule has 0 saturated heterocycles. The topological polar surface area (TPSA) is 75.5 Å². The van der Waals surface area contributed by atoms with E-state index in [2.05, 4.69) is 14.8 Å². The molecule has 2 heterocycles. The van der Waals surface area contributed by atoms with Gasteiger partial charge in [0.25, 0.3) is 0 Å². The second-order valence-electron chi connectivity index (χ2n) is 5.06. The van der Waals surface area contributed by atoms with E-state index in [9.17, 15) is 13.0 Å². The van der Waals surface area contributed by atoms with Gasteiger partial charge in [-0.3, -0.25) is 9.19 Å². The van der Waals surface area contributed by atoms with Gasteiger partial charge < -0.3 is 14.3 Å². The summed E-state index contributed by atoms with van der Waals surface area (Å²) in [6.07, 6.45) is 1.43. The molecule has 10 heteroatoms. The Hall–Kier alpha value is -2.75. The summed E-state index contributed by atoms with van der Waals surface area (Å²) in [7, 11) is 1.16. The number of hydrogen-bond acceptors (Lipinski definition) is 6. The number of hydrogen-bond donors (Lipinski definition) is 0. The molecule has 0 fully saturated rings. The van der Waals surface area contributed by atoms with E-state index in [1.54, 1.807) is 30.3 Å². The van der Waals surface area contributed by atoms with E-state index in [1.165, 1.54) is 20.4 Å². The first-order valence-electron chi connectivity index (χ1n) is 7.41. The molecule has 1 unspecified atom stereocenters. The Morgan fingerprint density at radius 2 is 1.92 bits per heavy atom. The standard InChI is InChI=1S/C16H15F2N3O4S/c1-23-13-7-10(19-8-14(13)24-2)9-26(22)16-20-11-5-3-4-6-12(11)21(16)25-15(17)18/h3-8,15H,9H2,1-2H3. The maximum atomic E-state index is 12.8. The minimum absolute atomic E-state index is 0.0593. The zero-order valence-electron chi connectivity index (χ0n) is 13.9. The Morgan fingerprint density at radius 3 is 2.62 bits per heavy atom. The van der Waals surface area contributed by atoms with Gasteiger partial charge >= 0.3 is 6.61 Å². The summed E-state index contributed by atoms with van der Waals surface area (Å²) >= 11 is 0. The van der Waals surface area contributed by atoms with Gasteiger partial charge in [-0.05, 0) is 12.1 Å². The molecule has 0 aliphatic carbocycles. The lowest BCUT2D eigenvalue weighted by atomic mass is 10.3. The van der Waals surface area contributed by atoms with E-state index in [1.807, 2.05) is 0 Å². The fourth-order valence-corrected chi connectivity index (χ4v) is 3.44. The molecule has 0 radical (unpaired) electrons. The Kier molecular flexibility index (Phi) is 5.31. The largest absolute Gasteiger partial charge is 0.493 e. The molecule has 1 aromatic carbocycles. The van der Waals surface area contributed by atoms with Gasteiger partial charge in [-0.25, -0.2) is 4.98 Å². The highest BCUT2D eigenvalue weighted by Crippen LogP contribution is 2.27. The lowest BCUT2D eigenvalue weighted by Crippen LogP contribution is -2.20. The normalized spacial score (nSPS) is 12.3. The van der Waals surface area contributed by atoms with Crippen LogP contribution in [0.3, 0.4) is 0 Å². The lowest BCUT2D eigenvalue weighted by molar-refractivity contribution is -0.136. The number of pyridine rings is 1. The molecule has 0 saturated carbocycles. The van der Waals surface area contributed by atoms with Gasteiger partial charge in [0.05, 0.1) is 48.2 Å². The number of para-hydroxylation sites is 2. The molecule has 0 spiro atoms. The molecule has 0 bridgehead atoms. The molecule has 26 heavy (non-hydrogen) atoms. The molecule has 3 rings (SSSR count). The van der Waals surface area contributed by atoms with Gasteiger partial charge in [-0.15, -0.1) is 4.73 Å². The van der Waals surface area contributed by atoms with Crippen molar-refractivity contribution in [2.24, 2.45) is 0 Å². The van der Waals surface area contributed by atoms with Crippen molar-refractivity contribution in [3.05, 3.63) is 42.2 Å². The van der Waals surface area contributed by atoms with E-state index in [4.69, 9.17) is 9.47 Å². The van der Waals surface area contributed by atoms with Crippen molar-refractivity contribution in [2.45, 2.75) is 17.5 Å². The zero-order valence-corrected chi connectivity index (χ0v) is 14.7. The van der Waals surface area contributed by atoms with Gasteiger partial charge in [0.2, 0.25) is 5.16 Å². The lowest BCUT2D eigenvalue weighted by Gasteiger charge is -2.10. The highest BCUT2D eigenvalue weighted by atomic mass is 32.2. The summed E-state index contributed by atoms with van der Waals surface area (Å²) in [5, 5.41) is -0.122. The van der Waals surface area contributed by atoms with Crippen LogP contribution < -0.4 is 14.3 Å². The van der Waals surface area contributed by atoms with Gasteiger partial charge in [0.1, 0.15) is 5.52 Å². The summed E-state index contributed by atoms with van der Waals surface area (Å²) in [6.45, 7) is -3.08. The van der Waals surface area contributed by atoms with Crippen LogP contribution in [0.2, 0.25) is 0 Å². The van der Waals surface area contributed by atoms with Crippen LogP contribution in [-0.2, 0) is 16.6 Å². The van der Waals surface area contributed by atoms with E-state index in [0.29, 0.717) is 28.2 Å². The van der Waals surface area contributed by atoms with E-state index in [0.717, 1.165) is 4.73 Å². The Bertz CT molecular complexity index is 948. The third kappa shape index (κ3) is 3.59. The number of ether oxygens (including phenoxy) is 2. The molecule has 0 N–H and O–H groups in total. The first-order chi connectivity index (χ1) is 12.5. The molecule has 7 nitrogen and oxygen atoms in total. The molecule has 0 amide bonds. The van der Waals surface area contributed by atoms with E-state index >= 15 is 0 Å². The monoisotopic (exact) mass is 383 g/mol. The predicted molar refractivity (Wildman–Crippen MR) is 89.8 cm³/mol. The Morgan fingerprint density at radius 1 is 1.19 bits per heavy atom. The van der Waals surface area contributed by atoms with Crippen LogP contribution in [0.25, 0.3) is 11.0 Å². The molecular formula is C16H15F2N3O4S. The Labute approximate surface area is 149 Å². The van der Waals surface area contributed by atoms with Gasteiger partial charge in [0, 0.05) is 6.07 Å². The third-order valence-corrected chi connectivity index (χ3v) is 4.71. The molecule has 2 aromatic heterocycles. The fraction of sp³-hybridized carbons (Fsp3) is 0.250. The smallest absolute Gasteiger partial charge is 0.405 e. The molecule has 0 aliphatic heterocycles. The number of alkyl halides is 2. The molecule has 0 aliphatic rings. The van der Waals surface area contributed by atoms with Crippen molar-refractivity contribution in [1.29, 1.82) is 0 Å². The van der Waals surface area contributed by atoms with Crippen LogP contribution in [0.1, 0.15) is 5.69 Å². The maximum absolute atomic E-state index is 12.8. The van der Waals surface area contributed by atoms with Gasteiger partial charge in [-0.1, -0.05) is 12.1 Å². The summed E-state index contributed by atoms with van der Waals surface area (Å²) in [5.74, 6) is 0.790. The molecule has 1 atom stereocenters. The van der Waals surface area contributed by atoms with Crippen LogP contribution >= 0.6 is 0 Å². The molecular weight excluding hydrogens is 368 g/mol. The van der Waals surface area contributed by atoms with Crippen LogP contribution in [0.5, 0.6) is 11.5 Å². The van der Waals surface area contributed by atoms with Gasteiger partial charge in [0.15, 0.2) is 11.5 Å². The average Bonchev–Trinajstić information content (AvgIpc) is 2.99. The van der Waals surface area contributed by atoms with Crippen molar-refractivity contribution in [3.63, 3.8) is 0 Å². The van der Waals surface area contributed by atoms with Crippen molar-refractivity contribution in [2.75, 3.05) is 14.2 Å². The van der Waals surface area contributed by atoms with Crippen LogP contribution in [0, 0.1) is 0 Å². The number of imidazole rings is 1. The SMILES string of the molecule is COc1cnc(CS(=O)c2nc3ccccc3n2OC(F)F)cc1OC. The number of methoxy groups -OCH3 is 2. The van der Waals surface area contributed by atoms with Gasteiger partial charge in [-0.2, -0.15) is 8.78 Å². The highest BCUT2D eigenvalue weighted by molar-refractivity contribution is 7.84. The van der Waals surface area contributed by atoms with E-state index in [-0.39, 0.29) is 10.9 Å². The number of fused-ring (bicyclic) bond motifs is 1. The second-order valence-corrected chi connectivity index (χ2v) is 6.41. The van der Waals surface area contributed by atoms with Crippen LogP contribution in [0.15, 0.2) is 41.7 Å². The summed E-state index contributed by atoms with van der Waals surface area (Å²) in [5.41, 5.74) is 1.13. The van der Waals surface area contributed by atoms with E-state index < -0.39 is 17.4 Å². The molecule has 3 aromatic rings. The zero-order chi connectivity index (χ0) is 18.7. The summed E-state index contributed by atoms with van der Waals surface area (Å²) in [4.78, 5) is 12.8.